The summed E-state index contributed by atoms with van der Waals surface area (Å²) in [7, 11) is 1.75. The number of nitrogens with zero attached hydrogens (tertiary/aromatic N) is 1. The molecule has 0 radical (unpaired) electrons. The summed E-state index contributed by atoms with van der Waals surface area (Å²) in [6, 6.07) is 4.99. The highest BCUT2D eigenvalue weighted by Crippen LogP contribution is 2.25. The summed E-state index contributed by atoms with van der Waals surface area (Å²) in [5.41, 5.74) is 1.27. The van der Waals surface area contributed by atoms with E-state index < -0.39 is 0 Å². The van der Waals surface area contributed by atoms with Crippen molar-refractivity contribution in [1.29, 1.82) is 0 Å². The molecular formula is C17H22FNO2. The van der Waals surface area contributed by atoms with Gasteiger partial charge in [0.25, 0.3) is 0 Å². The molecule has 0 saturated carbocycles. The van der Waals surface area contributed by atoms with Gasteiger partial charge in [0.1, 0.15) is 12.4 Å². The number of hydrogen-bond donors (Lipinski definition) is 1. The lowest BCUT2D eigenvalue weighted by molar-refractivity contribution is -0.0527. The van der Waals surface area contributed by atoms with Gasteiger partial charge in [-0.3, -0.25) is 4.90 Å². The van der Waals surface area contributed by atoms with E-state index in [4.69, 9.17) is 9.84 Å². The molecule has 2 rings (SSSR count). The first-order chi connectivity index (χ1) is 10.1. The molecule has 1 fully saturated rings. The average Bonchev–Trinajstić information content (AvgIpc) is 2.48. The van der Waals surface area contributed by atoms with E-state index in [2.05, 4.69) is 23.7 Å². The number of rotatable bonds is 3. The number of methoxy groups -OCH3 is 1. The molecule has 0 aliphatic carbocycles. The van der Waals surface area contributed by atoms with Crippen molar-refractivity contribution in [2.24, 2.45) is 0 Å². The van der Waals surface area contributed by atoms with E-state index in [1.54, 1.807) is 19.2 Å². The van der Waals surface area contributed by atoms with E-state index in [1.165, 1.54) is 6.07 Å². The molecular weight excluding hydrogens is 269 g/mol. The van der Waals surface area contributed by atoms with Gasteiger partial charge in [0.2, 0.25) is 0 Å². The number of piperidine rings is 1. The van der Waals surface area contributed by atoms with Crippen LogP contribution in [0, 0.1) is 17.7 Å². The fourth-order valence-corrected chi connectivity index (χ4v) is 2.77. The van der Waals surface area contributed by atoms with Crippen molar-refractivity contribution >= 4 is 0 Å². The average molecular weight is 291 g/mol. The summed E-state index contributed by atoms with van der Waals surface area (Å²) in [5.74, 6) is 4.79. The van der Waals surface area contributed by atoms with E-state index in [1.807, 2.05) is 0 Å². The van der Waals surface area contributed by atoms with Crippen molar-refractivity contribution in [3.8, 4) is 11.8 Å². The highest BCUT2D eigenvalue weighted by molar-refractivity contribution is 5.38. The van der Waals surface area contributed by atoms with E-state index in [-0.39, 0.29) is 18.0 Å². The van der Waals surface area contributed by atoms with Crippen molar-refractivity contribution in [3.63, 3.8) is 0 Å². The van der Waals surface area contributed by atoms with E-state index in [9.17, 15) is 4.39 Å². The molecule has 1 aliphatic heterocycles. The first-order valence-electron chi connectivity index (χ1n) is 7.22. The normalized spacial score (nSPS) is 22.7. The number of aliphatic hydroxyl groups excluding tert-OH is 1. The number of halogens is 1. The number of likely N-dealkylation sites (tertiary alicyclic amines) is 1. The van der Waals surface area contributed by atoms with Crippen molar-refractivity contribution in [2.45, 2.75) is 31.9 Å². The zero-order valence-electron chi connectivity index (χ0n) is 12.7. The van der Waals surface area contributed by atoms with Crippen LogP contribution in [-0.4, -0.2) is 42.4 Å². The maximum Gasteiger partial charge on any atom is 0.138 e. The Hall–Kier alpha value is -1.41. The highest BCUT2D eigenvalue weighted by Gasteiger charge is 2.30. The minimum atomic E-state index is -0.347. The second-order valence-corrected chi connectivity index (χ2v) is 5.74. The molecule has 1 aliphatic rings. The minimum Gasteiger partial charge on any atom is -0.384 e. The van der Waals surface area contributed by atoms with Crippen molar-refractivity contribution in [1.82, 2.24) is 4.90 Å². The topological polar surface area (TPSA) is 32.7 Å². The Bertz CT molecular complexity index is 549. The quantitative estimate of drug-likeness (QED) is 0.866. The molecule has 0 aromatic heterocycles. The second kappa shape index (κ2) is 7.04. The first-order valence-corrected chi connectivity index (χ1v) is 7.22. The van der Waals surface area contributed by atoms with Gasteiger partial charge in [0, 0.05) is 20.2 Å². The number of benzene rings is 1. The lowest BCUT2D eigenvalue weighted by Gasteiger charge is -2.39. The zero-order chi connectivity index (χ0) is 15.3. The fourth-order valence-electron chi connectivity index (χ4n) is 2.77. The second-order valence-electron chi connectivity index (χ2n) is 5.74. The van der Waals surface area contributed by atoms with Crippen LogP contribution in [0.3, 0.4) is 0 Å². The van der Waals surface area contributed by atoms with Crippen molar-refractivity contribution in [2.75, 3.05) is 26.8 Å². The molecule has 4 heteroatoms. The predicted molar refractivity (Wildman–Crippen MR) is 80.3 cm³/mol. The smallest absolute Gasteiger partial charge is 0.138 e. The number of aliphatic hydroxyl groups is 1. The third kappa shape index (κ3) is 4.28. The van der Waals surface area contributed by atoms with Crippen LogP contribution >= 0.6 is 0 Å². The van der Waals surface area contributed by atoms with Gasteiger partial charge in [-0.2, -0.15) is 0 Å². The summed E-state index contributed by atoms with van der Waals surface area (Å²) in [6.45, 7) is 4.52. The SMILES string of the molecule is COC1(C)CCCN(Cc2ccc(F)c(C#CCO)c2)C1. The van der Waals surface area contributed by atoms with Gasteiger partial charge in [-0.15, -0.1) is 0 Å². The Balaban J connectivity index is 2.09. The van der Waals surface area contributed by atoms with E-state index >= 15 is 0 Å². The number of hydrogen-bond acceptors (Lipinski definition) is 3. The van der Waals surface area contributed by atoms with Crippen LogP contribution in [0.4, 0.5) is 4.39 Å². The Morgan fingerprint density at radius 2 is 2.29 bits per heavy atom. The molecule has 21 heavy (non-hydrogen) atoms. The lowest BCUT2D eigenvalue weighted by atomic mass is 9.94. The third-order valence-electron chi connectivity index (χ3n) is 3.97. The summed E-state index contributed by atoms with van der Waals surface area (Å²) in [6.07, 6.45) is 2.17. The molecule has 1 aromatic rings. The molecule has 1 unspecified atom stereocenters. The van der Waals surface area contributed by atoms with Gasteiger partial charge in [-0.1, -0.05) is 17.9 Å². The van der Waals surface area contributed by atoms with Crippen LogP contribution < -0.4 is 0 Å². The van der Waals surface area contributed by atoms with Crippen LogP contribution in [0.15, 0.2) is 18.2 Å². The van der Waals surface area contributed by atoms with Crippen LogP contribution in [0.2, 0.25) is 0 Å². The molecule has 3 nitrogen and oxygen atoms in total. The Morgan fingerprint density at radius 3 is 3.00 bits per heavy atom. The largest absolute Gasteiger partial charge is 0.384 e. The molecule has 0 spiro atoms. The van der Waals surface area contributed by atoms with Crippen LogP contribution in [0.1, 0.15) is 30.9 Å². The standard InChI is InChI=1S/C17H22FNO2/c1-17(21-2)8-4-9-19(13-17)12-14-6-7-16(18)15(11-14)5-3-10-20/h6-7,11,20H,4,8-10,12-13H2,1-2H3. The molecule has 0 bridgehead atoms. The summed E-state index contributed by atoms with van der Waals surface area (Å²) in [4.78, 5) is 2.32. The lowest BCUT2D eigenvalue weighted by Crippen LogP contribution is -2.46. The summed E-state index contributed by atoms with van der Waals surface area (Å²) < 4.78 is 19.2. The molecule has 1 saturated heterocycles. The fraction of sp³-hybridized carbons (Fsp3) is 0.529. The Morgan fingerprint density at radius 1 is 1.48 bits per heavy atom. The summed E-state index contributed by atoms with van der Waals surface area (Å²) >= 11 is 0. The Kier molecular flexibility index (Phi) is 5.35. The molecule has 1 aromatic carbocycles. The maximum atomic E-state index is 13.6. The van der Waals surface area contributed by atoms with Gasteiger partial charge >= 0.3 is 0 Å². The van der Waals surface area contributed by atoms with Crippen LogP contribution in [-0.2, 0) is 11.3 Å². The number of ether oxygens (including phenoxy) is 1. The van der Waals surface area contributed by atoms with E-state index in [0.717, 1.165) is 38.0 Å². The van der Waals surface area contributed by atoms with E-state index in [0.29, 0.717) is 5.56 Å². The molecule has 114 valence electrons. The third-order valence-corrected chi connectivity index (χ3v) is 3.97. The van der Waals surface area contributed by atoms with Crippen LogP contribution in [0.5, 0.6) is 0 Å². The predicted octanol–water partition coefficient (Wildman–Crippen LogP) is 2.17. The maximum absolute atomic E-state index is 13.6. The van der Waals surface area contributed by atoms with Crippen molar-refractivity contribution < 1.29 is 14.2 Å². The minimum absolute atomic E-state index is 0.0994. The molecule has 1 N–H and O–H groups in total. The molecule has 1 atom stereocenters. The van der Waals surface area contributed by atoms with Gasteiger partial charge in [0.15, 0.2) is 0 Å². The zero-order valence-corrected chi connectivity index (χ0v) is 12.7. The highest BCUT2D eigenvalue weighted by atomic mass is 19.1. The van der Waals surface area contributed by atoms with Gasteiger partial charge in [-0.25, -0.2) is 4.39 Å². The van der Waals surface area contributed by atoms with Gasteiger partial charge in [0.05, 0.1) is 11.2 Å². The molecule has 0 amide bonds. The van der Waals surface area contributed by atoms with Crippen LogP contribution in [0.25, 0.3) is 0 Å². The molecule has 1 heterocycles. The monoisotopic (exact) mass is 291 g/mol. The first kappa shape index (κ1) is 16.0. The van der Waals surface area contributed by atoms with Gasteiger partial charge < -0.3 is 9.84 Å². The van der Waals surface area contributed by atoms with Gasteiger partial charge in [-0.05, 0) is 44.0 Å². The summed E-state index contributed by atoms with van der Waals surface area (Å²) in [5, 5.41) is 8.72. The van der Waals surface area contributed by atoms with Crippen molar-refractivity contribution in [3.05, 3.63) is 35.1 Å². The Labute approximate surface area is 125 Å².